The Morgan fingerprint density at radius 1 is 1.41 bits per heavy atom. The molecule has 0 spiro atoms. The molecule has 0 saturated heterocycles. The van der Waals surface area contributed by atoms with Crippen molar-refractivity contribution in [1.82, 2.24) is 4.98 Å². The lowest BCUT2D eigenvalue weighted by Crippen LogP contribution is -2.15. The molecule has 1 aliphatic rings. The quantitative estimate of drug-likeness (QED) is 0.791. The standard InChI is InChI=1S/C14H16BrNO/c1-9(10-6-7-10)11(15)8-14-16-12-4-2-3-5-13(12)17-14/h2-5,9-11H,6-8H2,1H3. The first-order chi connectivity index (χ1) is 8.24. The van der Waals surface area contributed by atoms with Gasteiger partial charge in [-0.25, -0.2) is 4.98 Å². The summed E-state index contributed by atoms with van der Waals surface area (Å²) in [5, 5.41) is 0. The van der Waals surface area contributed by atoms with Crippen LogP contribution in [0.2, 0.25) is 0 Å². The van der Waals surface area contributed by atoms with Gasteiger partial charge in [0, 0.05) is 11.2 Å². The lowest BCUT2D eigenvalue weighted by molar-refractivity contribution is 0.448. The van der Waals surface area contributed by atoms with E-state index in [9.17, 15) is 0 Å². The fourth-order valence-corrected chi connectivity index (χ4v) is 2.99. The molecule has 2 unspecified atom stereocenters. The molecule has 0 radical (unpaired) electrons. The highest BCUT2D eigenvalue weighted by atomic mass is 79.9. The second-order valence-electron chi connectivity index (χ2n) is 4.99. The van der Waals surface area contributed by atoms with E-state index in [-0.39, 0.29) is 0 Å². The van der Waals surface area contributed by atoms with Crippen LogP contribution in [-0.2, 0) is 6.42 Å². The molecule has 0 bridgehead atoms. The maximum atomic E-state index is 5.75. The molecule has 0 aliphatic heterocycles. The second-order valence-corrected chi connectivity index (χ2v) is 6.17. The molecule has 2 atom stereocenters. The summed E-state index contributed by atoms with van der Waals surface area (Å²) in [7, 11) is 0. The van der Waals surface area contributed by atoms with Gasteiger partial charge in [0.2, 0.25) is 0 Å². The summed E-state index contributed by atoms with van der Waals surface area (Å²) >= 11 is 3.78. The number of hydrogen-bond acceptors (Lipinski definition) is 2. The number of rotatable bonds is 4. The predicted molar refractivity (Wildman–Crippen MR) is 72.3 cm³/mol. The highest BCUT2D eigenvalue weighted by Crippen LogP contribution is 2.41. The average molecular weight is 294 g/mol. The first-order valence-electron chi connectivity index (χ1n) is 6.22. The Kier molecular flexibility index (Phi) is 2.95. The van der Waals surface area contributed by atoms with E-state index in [1.807, 2.05) is 24.3 Å². The molecule has 1 aromatic heterocycles. The van der Waals surface area contributed by atoms with Gasteiger partial charge in [-0.05, 0) is 36.8 Å². The lowest BCUT2D eigenvalue weighted by Gasteiger charge is -2.15. The number of oxazole rings is 1. The van der Waals surface area contributed by atoms with Crippen molar-refractivity contribution in [1.29, 1.82) is 0 Å². The average Bonchev–Trinajstić information content (AvgIpc) is 3.08. The molecule has 2 nitrogen and oxygen atoms in total. The van der Waals surface area contributed by atoms with Crippen molar-refractivity contribution in [3.05, 3.63) is 30.2 Å². The van der Waals surface area contributed by atoms with Crippen LogP contribution in [0.5, 0.6) is 0 Å². The highest BCUT2D eigenvalue weighted by Gasteiger charge is 2.32. The number of hydrogen-bond donors (Lipinski definition) is 0. The third-order valence-electron chi connectivity index (χ3n) is 3.64. The van der Waals surface area contributed by atoms with Crippen LogP contribution >= 0.6 is 15.9 Å². The fraction of sp³-hybridized carbons (Fsp3) is 0.500. The van der Waals surface area contributed by atoms with Gasteiger partial charge in [-0.3, -0.25) is 0 Å². The zero-order valence-corrected chi connectivity index (χ0v) is 11.5. The number of fused-ring (bicyclic) bond motifs is 1. The Bertz CT molecular complexity index is 485. The Hall–Kier alpha value is -0.830. The molecule has 0 N–H and O–H groups in total. The normalized spacial score (nSPS) is 19.4. The minimum absolute atomic E-state index is 0.475. The summed E-state index contributed by atoms with van der Waals surface area (Å²) in [6.45, 7) is 2.32. The number of nitrogens with zero attached hydrogens (tertiary/aromatic N) is 1. The zero-order valence-electron chi connectivity index (χ0n) is 9.90. The molecule has 1 saturated carbocycles. The summed E-state index contributed by atoms with van der Waals surface area (Å²) in [5.74, 6) is 2.47. The number of para-hydroxylation sites is 2. The van der Waals surface area contributed by atoms with Crippen molar-refractivity contribution in [2.24, 2.45) is 11.8 Å². The summed E-state index contributed by atoms with van der Waals surface area (Å²) in [4.78, 5) is 4.99. The Morgan fingerprint density at radius 2 is 2.18 bits per heavy atom. The van der Waals surface area contributed by atoms with Crippen molar-refractivity contribution in [2.45, 2.75) is 31.0 Å². The Labute approximate surface area is 110 Å². The van der Waals surface area contributed by atoms with Crippen LogP contribution in [-0.4, -0.2) is 9.81 Å². The van der Waals surface area contributed by atoms with Gasteiger partial charge in [0.1, 0.15) is 5.52 Å². The molecule has 0 amide bonds. The second kappa shape index (κ2) is 4.45. The van der Waals surface area contributed by atoms with Crippen LogP contribution in [0.25, 0.3) is 11.1 Å². The molecule has 2 aromatic rings. The van der Waals surface area contributed by atoms with Crippen LogP contribution in [0.4, 0.5) is 0 Å². The number of halogens is 1. The van der Waals surface area contributed by atoms with E-state index in [0.29, 0.717) is 10.7 Å². The topological polar surface area (TPSA) is 26.0 Å². The monoisotopic (exact) mass is 293 g/mol. The van der Waals surface area contributed by atoms with Gasteiger partial charge in [0.15, 0.2) is 11.5 Å². The van der Waals surface area contributed by atoms with E-state index in [4.69, 9.17) is 4.42 Å². The summed E-state index contributed by atoms with van der Waals surface area (Å²) in [6.07, 6.45) is 3.65. The van der Waals surface area contributed by atoms with E-state index in [2.05, 4.69) is 27.8 Å². The van der Waals surface area contributed by atoms with Crippen molar-refractivity contribution >= 4 is 27.0 Å². The van der Waals surface area contributed by atoms with Gasteiger partial charge in [0.25, 0.3) is 0 Å². The highest BCUT2D eigenvalue weighted by molar-refractivity contribution is 9.09. The van der Waals surface area contributed by atoms with Gasteiger partial charge >= 0.3 is 0 Å². The molecule has 1 aliphatic carbocycles. The van der Waals surface area contributed by atoms with Crippen molar-refractivity contribution < 1.29 is 4.42 Å². The van der Waals surface area contributed by atoms with Crippen LogP contribution in [0.15, 0.2) is 28.7 Å². The minimum atomic E-state index is 0.475. The maximum Gasteiger partial charge on any atom is 0.196 e. The molecule has 17 heavy (non-hydrogen) atoms. The van der Waals surface area contributed by atoms with E-state index in [1.165, 1.54) is 12.8 Å². The molecular formula is C14H16BrNO. The largest absolute Gasteiger partial charge is 0.441 e. The van der Waals surface area contributed by atoms with E-state index < -0.39 is 0 Å². The number of aromatic nitrogens is 1. The van der Waals surface area contributed by atoms with Gasteiger partial charge < -0.3 is 4.42 Å². The number of alkyl halides is 1. The summed E-state index contributed by atoms with van der Waals surface area (Å²) < 4.78 is 5.75. The maximum absolute atomic E-state index is 5.75. The smallest absolute Gasteiger partial charge is 0.196 e. The van der Waals surface area contributed by atoms with E-state index in [0.717, 1.165) is 29.3 Å². The summed E-state index contributed by atoms with van der Waals surface area (Å²) in [5.41, 5.74) is 1.85. The van der Waals surface area contributed by atoms with E-state index >= 15 is 0 Å². The third-order valence-corrected chi connectivity index (χ3v) is 4.80. The molecule has 3 heteroatoms. The first kappa shape index (κ1) is 11.3. The first-order valence-corrected chi connectivity index (χ1v) is 7.14. The van der Waals surface area contributed by atoms with Crippen LogP contribution in [0, 0.1) is 11.8 Å². The third kappa shape index (κ3) is 2.39. The van der Waals surface area contributed by atoms with Gasteiger partial charge in [0.05, 0.1) is 0 Å². The van der Waals surface area contributed by atoms with Gasteiger partial charge in [-0.2, -0.15) is 0 Å². The molecule has 1 aromatic carbocycles. The van der Waals surface area contributed by atoms with Crippen molar-refractivity contribution in [3.63, 3.8) is 0 Å². The zero-order chi connectivity index (χ0) is 11.8. The van der Waals surface area contributed by atoms with Crippen molar-refractivity contribution in [3.8, 4) is 0 Å². The van der Waals surface area contributed by atoms with Crippen LogP contribution in [0.3, 0.4) is 0 Å². The Morgan fingerprint density at radius 3 is 2.88 bits per heavy atom. The fourth-order valence-electron chi connectivity index (χ4n) is 2.28. The predicted octanol–water partition coefficient (Wildman–Crippen LogP) is 4.18. The van der Waals surface area contributed by atoms with Crippen LogP contribution in [0.1, 0.15) is 25.7 Å². The minimum Gasteiger partial charge on any atom is -0.441 e. The molecular weight excluding hydrogens is 278 g/mol. The van der Waals surface area contributed by atoms with Gasteiger partial charge in [-0.1, -0.05) is 35.0 Å². The van der Waals surface area contributed by atoms with Crippen molar-refractivity contribution in [2.75, 3.05) is 0 Å². The Balaban J connectivity index is 1.75. The lowest BCUT2D eigenvalue weighted by atomic mass is 10.0. The SMILES string of the molecule is CC(C(Br)Cc1nc2ccccc2o1)C1CC1. The molecule has 1 heterocycles. The van der Waals surface area contributed by atoms with Gasteiger partial charge in [-0.15, -0.1) is 0 Å². The molecule has 3 rings (SSSR count). The van der Waals surface area contributed by atoms with E-state index in [1.54, 1.807) is 0 Å². The summed E-state index contributed by atoms with van der Waals surface area (Å²) in [6, 6.07) is 7.94. The number of benzene rings is 1. The molecule has 90 valence electrons. The molecule has 1 fully saturated rings. The van der Waals surface area contributed by atoms with Crippen LogP contribution < -0.4 is 0 Å².